The largest absolute Gasteiger partial charge is 0.432 e. The van der Waals surface area contributed by atoms with Crippen LogP contribution in [0.3, 0.4) is 0 Å². The molecule has 0 radical (unpaired) electrons. The fourth-order valence-corrected chi connectivity index (χ4v) is 1.41. The number of hydrogen-bond donors (Lipinski definition) is 0. The summed E-state index contributed by atoms with van der Waals surface area (Å²) < 4.78 is 7.32. The second kappa shape index (κ2) is 2.80. The summed E-state index contributed by atoms with van der Waals surface area (Å²) in [6.07, 6.45) is 1.66. The highest BCUT2D eigenvalue weighted by Gasteiger charge is 2.07. The van der Waals surface area contributed by atoms with Crippen molar-refractivity contribution in [2.75, 3.05) is 0 Å². The predicted octanol–water partition coefficient (Wildman–Crippen LogP) is 0.341. The first-order chi connectivity index (χ1) is 6.18. The smallest absolute Gasteiger partial charge is 0.305 e. The molecule has 2 aromatic heterocycles. The molecular formula is C9H11BN2O. The standard InChI is InChI=1S/C9H11BN2O/c1-6-3-4-7(2)12(6)9-11-8(10)5-13-9/h3-5H,10H2,1-2H3. The lowest BCUT2D eigenvalue weighted by Crippen LogP contribution is -2.05. The summed E-state index contributed by atoms with van der Waals surface area (Å²) in [5.74, 6) is 0. The molecule has 0 spiro atoms. The van der Waals surface area contributed by atoms with Crippen molar-refractivity contribution in [1.29, 1.82) is 0 Å². The maximum Gasteiger partial charge on any atom is 0.305 e. The average molecular weight is 174 g/mol. The number of aromatic nitrogens is 2. The molecule has 0 atom stereocenters. The van der Waals surface area contributed by atoms with Crippen LogP contribution in [0.4, 0.5) is 0 Å². The lowest BCUT2D eigenvalue weighted by molar-refractivity contribution is 0.522. The van der Waals surface area contributed by atoms with Gasteiger partial charge in [0.1, 0.15) is 6.26 Å². The minimum absolute atomic E-state index is 0.650. The normalized spacial score (nSPS) is 10.6. The van der Waals surface area contributed by atoms with Gasteiger partial charge in [-0.1, -0.05) is 0 Å². The van der Waals surface area contributed by atoms with Gasteiger partial charge in [0.15, 0.2) is 7.85 Å². The molecule has 3 nitrogen and oxygen atoms in total. The third-order valence-electron chi connectivity index (χ3n) is 2.07. The van der Waals surface area contributed by atoms with Gasteiger partial charge in [0, 0.05) is 17.0 Å². The zero-order valence-corrected chi connectivity index (χ0v) is 8.03. The molecule has 0 bridgehead atoms. The summed E-state index contributed by atoms with van der Waals surface area (Å²) in [5.41, 5.74) is 3.18. The van der Waals surface area contributed by atoms with E-state index in [2.05, 4.69) is 17.1 Å². The summed E-state index contributed by atoms with van der Waals surface area (Å²) >= 11 is 0. The summed E-state index contributed by atoms with van der Waals surface area (Å²) in [6, 6.07) is 4.75. The molecule has 2 aromatic rings. The predicted molar refractivity (Wildman–Crippen MR) is 53.5 cm³/mol. The first-order valence-electron chi connectivity index (χ1n) is 4.26. The van der Waals surface area contributed by atoms with E-state index in [1.807, 2.05) is 26.3 Å². The molecule has 0 N–H and O–H groups in total. The topological polar surface area (TPSA) is 31.0 Å². The zero-order valence-electron chi connectivity index (χ0n) is 8.03. The minimum Gasteiger partial charge on any atom is -0.432 e. The Labute approximate surface area is 77.8 Å². The van der Waals surface area contributed by atoms with E-state index in [0.717, 1.165) is 17.0 Å². The zero-order chi connectivity index (χ0) is 9.42. The van der Waals surface area contributed by atoms with E-state index in [4.69, 9.17) is 4.42 Å². The Morgan fingerprint density at radius 1 is 1.31 bits per heavy atom. The van der Waals surface area contributed by atoms with Crippen LogP contribution < -0.4 is 5.59 Å². The highest BCUT2D eigenvalue weighted by molar-refractivity contribution is 6.30. The number of rotatable bonds is 1. The summed E-state index contributed by atoms with van der Waals surface area (Å²) in [5, 5.41) is 0. The van der Waals surface area contributed by atoms with Gasteiger partial charge in [-0.05, 0) is 26.0 Å². The van der Waals surface area contributed by atoms with Crippen molar-refractivity contribution in [2.45, 2.75) is 13.8 Å². The maximum atomic E-state index is 5.32. The summed E-state index contributed by atoms with van der Waals surface area (Å²) in [4.78, 5) is 4.27. The van der Waals surface area contributed by atoms with Crippen molar-refractivity contribution >= 4 is 13.4 Å². The number of hydrogen-bond acceptors (Lipinski definition) is 2. The van der Waals surface area contributed by atoms with Crippen molar-refractivity contribution in [3.05, 3.63) is 29.8 Å². The molecule has 4 heteroatoms. The molecule has 0 aliphatic heterocycles. The molecule has 0 unspecified atom stereocenters. The highest BCUT2D eigenvalue weighted by atomic mass is 16.4. The monoisotopic (exact) mass is 174 g/mol. The van der Waals surface area contributed by atoms with Gasteiger partial charge in [-0.2, -0.15) is 0 Å². The van der Waals surface area contributed by atoms with Gasteiger partial charge in [0.25, 0.3) is 0 Å². The van der Waals surface area contributed by atoms with Gasteiger partial charge in [0.2, 0.25) is 0 Å². The van der Waals surface area contributed by atoms with Crippen LogP contribution in [0, 0.1) is 13.8 Å². The Balaban J connectivity index is 2.57. The molecular weight excluding hydrogens is 163 g/mol. The van der Waals surface area contributed by atoms with E-state index >= 15 is 0 Å². The summed E-state index contributed by atoms with van der Waals surface area (Å²) in [7, 11) is 1.92. The molecule has 0 saturated carbocycles. The van der Waals surface area contributed by atoms with Crippen LogP contribution in [0.15, 0.2) is 22.8 Å². The van der Waals surface area contributed by atoms with E-state index in [1.54, 1.807) is 6.26 Å². The lowest BCUT2D eigenvalue weighted by Gasteiger charge is -2.01. The average Bonchev–Trinajstić information content (AvgIpc) is 2.60. The third-order valence-corrected chi connectivity index (χ3v) is 2.07. The van der Waals surface area contributed by atoms with E-state index in [1.165, 1.54) is 0 Å². The Bertz CT molecular complexity index is 411. The Hall–Kier alpha value is -1.45. The van der Waals surface area contributed by atoms with Crippen LogP contribution in [-0.4, -0.2) is 17.4 Å². The van der Waals surface area contributed by atoms with Crippen LogP contribution in [0.2, 0.25) is 0 Å². The van der Waals surface area contributed by atoms with Crippen LogP contribution in [0.1, 0.15) is 11.4 Å². The number of nitrogens with zero attached hydrogens (tertiary/aromatic N) is 2. The third kappa shape index (κ3) is 1.28. The van der Waals surface area contributed by atoms with Crippen molar-refractivity contribution < 1.29 is 4.42 Å². The van der Waals surface area contributed by atoms with Crippen molar-refractivity contribution in [3.8, 4) is 6.01 Å². The molecule has 0 fully saturated rings. The first kappa shape index (κ1) is 8.17. The van der Waals surface area contributed by atoms with Gasteiger partial charge in [0.05, 0.1) is 0 Å². The van der Waals surface area contributed by atoms with Gasteiger partial charge in [-0.3, -0.25) is 4.57 Å². The molecule has 0 aromatic carbocycles. The molecule has 66 valence electrons. The molecule has 2 heterocycles. The molecule has 13 heavy (non-hydrogen) atoms. The van der Waals surface area contributed by atoms with E-state index in [9.17, 15) is 0 Å². The maximum absolute atomic E-state index is 5.32. The Morgan fingerprint density at radius 2 is 1.92 bits per heavy atom. The second-order valence-electron chi connectivity index (χ2n) is 3.22. The summed E-state index contributed by atoms with van der Waals surface area (Å²) in [6.45, 7) is 4.07. The molecule has 0 amide bonds. The Kier molecular flexibility index (Phi) is 1.76. The van der Waals surface area contributed by atoms with E-state index in [-0.39, 0.29) is 0 Å². The van der Waals surface area contributed by atoms with E-state index < -0.39 is 0 Å². The quantitative estimate of drug-likeness (QED) is 0.583. The lowest BCUT2D eigenvalue weighted by atomic mass is 10.1. The second-order valence-corrected chi connectivity index (χ2v) is 3.22. The minimum atomic E-state index is 0.650. The van der Waals surface area contributed by atoms with E-state index in [0.29, 0.717) is 6.01 Å². The van der Waals surface area contributed by atoms with Crippen LogP contribution in [0.25, 0.3) is 6.01 Å². The number of aryl methyl sites for hydroxylation is 2. The molecule has 2 rings (SSSR count). The van der Waals surface area contributed by atoms with Gasteiger partial charge >= 0.3 is 6.01 Å². The Morgan fingerprint density at radius 3 is 2.38 bits per heavy atom. The molecule has 0 aliphatic rings. The van der Waals surface area contributed by atoms with Gasteiger partial charge in [-0.25, -0.2) is 4.98 Å². The van der Waals surface area contributed by atoms with Crippen LogP contribution >= 0.6 is 0 Å². The fourth-order valence-electron chi connectivity index (χ4n) is 1.41. The molecule has 0 saturated heterocycles. The fraction of sp³-hybridized carbons (Fsp3) is 0.222. The van der Waals surface area contributed by atoms with Crippen LogP contribution in [0.5, 0.6) is 0 Å². The van der Waals surface area contributed by atoms with Crippen molar-refractivity contribution in [3.63, 3.8) is 0 Å². The first-order valence-corrected chi connectivity index (χ1v) is 4.26. The SMILES string of the molecule is Bc1coc(-n2c(C)ccc2C)n1. The highest BCUT2D eigenvalue weighted by Crippen LogP contribution is 2.12. The molecule has 0 aliphatic carbocycles. The van der Waals surface area contributed by atoms with Crippen molar-refractivity contribution in [1.82, 2.24) is 9.55 Å². The van der Waals surface area contributed by atoms with Gasteiger partial charge < -0.3 is 4.42 Å². The number of oxazole rings is 1. The van der Waals surface area contributed by atoms with Crippen molar-refractivity contribution in [2.24, 2.45) is 0 Å². The van der Waals surface area contributed by atoms with Crippen LogP contribution in [-0.2, 0) is 0 Å². The van der Waals surface area contributed by atoms with Gasteiger partial charge in [-0.15, -0.1) is 0 Å².